The number of halogens is 5. The molecule has 0 radical (unpaired) electrons. The number of nitrogens with one attached hydrogen (secondary N) is 1. The number of hydrogen-bond donors (Lipinski definition) is 1. The SMILES string of the molecule is CNC(c1ccc(I)c(Cl)c1)c1cnccc1C(F)(F)F. The maximum atomic E-state index is 13.1. The molecule has 0 aliphatic rings. The molecule has 112 valence electrons. The van der Waals surface area contributed by atoms with Gasteiger partial charge in [0.15, 0.2) is 0 Å². The molecular formula is C14H11ClF3IN2. The molecule has 1 atom stereocenters. The first-order valence-electron chi connectivity index (χ1n) is 5.98. The average molecular weight is 427 g/mol. The van der Waals surface area contributed by atoms with Crippen molar-refractivity contribution in [2.75, 3.05) is 7.05 Å². The third-order valence-electron chi connectivity index (χ3n) is 3.03. The van der Waals surface area contributed by atoms with E-state index in [1.54, 1.807) is 25.2 Å². The molecule has 1 aromatic heterocycles. The van der Waals surface area contributed by atoms with E-state index in [9.17, 15) is 13.2 Å². The quantitative estimate of drug-likeness (QED) is 0.722. The van der Waals surface area contributed by atoms with Crippen LogP contribution >= 0.6 is 34.2 Å². The molecule has 1 N–H and O–H groups in total. The molecule has 2 rings (SSSR count). The zero-order chi connectivity index (χ0) is 15.6. The summed E-state index contributed by atoms with van der Waals surface area (Å²) in [6.45, 7) is 0. The van der Waals surface area contributed by atoms with Crippen molar-refractivity contribution in [2.45, 2.75) is 12.2 Å². The molecule has 1 aromatic carbocycles. The van der Waals surface area contributed by atoms with Gasteiger partial charge in [0.2, 0.25) is 0 Å². The summed E-state index contributed by atoms with van der Waals surface area (Å²) in [5.41, 5.74) is 0.0257. The number of nitrogens with zero attached hydrogens (tertiary/aromatic N) is 1. The van der Waals surface area contributed by atoms with Gasteiger partial charge in [-0.05, 0) is 53.4 Å². The van der Waals surface area contributed by atoms with Crippen molar-refractivity contribution >= 4 is 34.2 Å². The summed E-state index contributed by atoms with van der Waals surface area (Å²) in [5, 5.41) is 3.40. The first-order chi connectivity index (χ1) is 9.84. The Labute approximate surface area is 138 Å². The Kier molecular flexibility index (Phi) is 5.11. The maximum Gasteiger partial charge on any atom is 0.416 e. The molecule has 1 unspecified atom stereocenters. The van der Waals surface area contributed by atoms with E-state index >= 15 is 0 Å². The second-order valence-electron chi connectivity index (χ2n) is 4.36. The van der Waals surface area contributed by atoms with Crippen LogP contribution in [0, 0.1) is 3.57 Å². The minimum atomic E-state index is -4.43. The van der Waals surface area contributed by atoms with Gasteiger partial charge in [0, 0.05) is 21.5 Å². The van der Waals surface area contributed by atoms with Crippen LogP contribution in [0.4, 0.5) is 13.2 Å². The van der Waals surface area contributed by atoms with E-state index in [1.165, 1.54) is 6.20 Å². The van der Waals surface area contributed by atoms with Crippen LogP contribution in [0.1, 0.15) is 22.7 Å². The van der Waals surface area contributed by atoms with Gasteiger partial charge in [-0.3, -0.25) is 4.98 Å². The fraction of sp³-hybridized carbons (Fsp3) is 0.214. The van der Waals surface area contributed by atoms with Crippen molar-refractivity contribution < 1.29 is 13.2 Å². The van der Waals surface area contributed by atoms with Crippen molar-refractivity contribution in [1.82, 2.24) is 10.3 Å². The summed E-state index contributed by atoms with van der Waals surface area (Å²) in [6, 6.07) is 5.53. The van der Waals surface area contributed by atoms with Gasteiger partial charge in [-0.15, -0.1) is 0 Å². The van der Waals surface area contributed by atoms with Gasteiger partial charge in [0.1, 0.15) is 0 Å². The number of benzene rings is 1. The van der Waals surface area contributed by atoms with E-state index in [1.807, 2.05) is 0 Å². The molecule has 7 heteroatoms. The van der Waals surface area contributed by atoms with Crippen LogP contribution < -0.4 is 5.32 Å². The summed E-state index contributed by atoms with van der Waals surface area (Å²) < 4.78 is 40.2. The highest BCUT2D eigenvalue weighted by atomic mass is 127. The normalized spacial score (nSPS) is 13.2. The smallest absolute Gasteiger partial charge is 0.309 e. The fourth-order valence-corrected chi connectivity index (χ4v) is 2.61. The van der Waals surface area contributed by atoms with Gasteiger partial charge >= 0.3 is 6.18 Å². The highest BCUT2D eigenvalue weighted by Gasteiger charge is 2.35. The van der Waals surface area contributed by atoms with Gasteiger partial charge in [0.05, 0.1) is 16.6 Å². The Morgan fingerprint density at radius 2 is 2.00 bits per heavy atom. The zero-order valence-electron chi connectivity index (χ0n) is 10.9. The molecule has 0 fully saturated rings. The summed E-state index contributed by atoms with van der Waals surface area (Å²) in [5.74, 6) is 0. The second-order valence-corrected chi connectivity index (χ2v) is 5.93. The number of pyridine rings is 1. The van der Waals surface area contributed by atoms with Crippen molar-refractivity contribution in [3.05, 3.63) is 61.9 Å². The lowest BCUT2D eigenvalue weighted by Gasteiger charge is -2.21. The van der Waals surface area contributed by atoms with E-state index in [-0.39, 0.29) is 5.56 Å². The van der Waals surface area contributed by atoms with Gasteiger partial charge in [-0.1, -0.05) is 17.7 Å². The van der Waals surface area contributed by atoms with E-state index < -0.39 is 17.8 Å². The van der Waals surface area contributed by atoms with Crippen LogP contribution in [-0.2, 0) is 6.18 Å². The molecule has 0 amide bonds. The first-order valence-corrected chi connectivity index (χ1v) is 7.43. The first kappa shape index (κ1) is 16.5. The van der Waals surface area contributed by atoms with Crippen LogP contribution in [0.3, 0.4) is 0 Å². The minimum Gasteiger partial charge on any atom is -0.309 e. The van der Waals surface area contributed by atoms with E-state index in [4.69, 9.17) is 11.6 Å². The van der Waals surface area contributed by atoms with Crippen LogP contribution in [0.25, 0.3) is 0 Å². The molecule has 21 heavy (non-hydrogen) atoms. The summed E-state index contributed by atoms with van der Waals surface area (Å²) in [6.07, 6.45) is -2.06. The summed E-state index contributed by atoms with van der Waals surface area (Å²) in [4.78, 5) is 3.82. The third-order valence-corrected chi connectivity index (χ3v) is 4.61. The van der Waals surface area contributed by atoms with E-state index in [0.29, 0.717) is 10.6 Å². The summed E-state index contributed by atoms with van der Waals surface area (Å²) >= 11 is 8.12. The van der Waals surface area contributed by atoms with Crippen LogP contribution in [-0.4, -0.2) is 12.0 Å². The Hall–Kier alpha value is -0.860. The Balaban J connectivity index is 2.54. The molecule has 1 heterocycles. The third kappa shape index (κ3) is 3.67. The Morgan fingerprint density at radius 3 is 2.57 bits per heavy atom. The van der Waals surface area contributed by atoms with Crippen LogP contribution in [0.15, 0.2) is 36.7 Å². The zero-order valence-corrected chi connectivity index (χ0v) is 13.8. The Bertz CT molecular complexity index is 646. The molecule has 2 aromatic rings. The van der Waals surface area contributed by atoms with Crippen molar-refractivity contribution in [2.24, 2.45) is 0 Å². The fourth-order valence-electron chi connectivity index (χ4n) is 2.09. The standard InChI is InChI=1S/C14H11ClF3IN2/c1-20-13(8-2-3-12(19)11(15)6-8)9-7-21-5-4-10(9)14(16,17)18/h2-7,13,20H,1H3. The van der Waals surface area contributed by atoms with Crippen molar-refractivity contribution in [1.29, 1.82) is 0 Å². The predicted octanol–water partition coefficient (Wildman–Crippen LogP) is 4.67. The second kappa shape index (κ2) is 6.50. The monoisotopic (exact) mass is 426 g/mol. The summed E-state index contributed by atoms with van der Waals surface area (Å²) in [7, 11) is 1.60. The molecule has 0 saturated heterocycles. The molecule has 0 spiro atoms. The molecule has 0 aliphatic carbocycles. The lowest BCUT2D eigenvalue weighted by Crippen LogP contribution is -2.22. The average Bonchev–Trinajstić information content (AvgIpc) is 2.43. The lowest BCUT2D eigenvalue weighted by molar-refractivity contribution is -0.138. The van der Waals surface area contributed by atoms with Crippen LogP contribution in [0.5, 0.6) is 0 Å². The van der Waals surface area contributed by atoms with Crippen LogP contribution in [0.2, 0.25) is 5.02 Å². The number of alkyl halides is 3. The number of aromatic nitrogens is 1. The van der Waals surface area contributed by atoms with E-state index in [2.05, 4.69) is 32.9 Å². The molecule has 0 saturated carbocycles. The largest absolute Gasteiger partial charge is 0.416 e. The van der Waals surface area contributed by atoms with Crippen molar-refractivity contribution in [3.63, 3.8) is 0 Å². The molecule has 2 nitrogen and oxygen atoms in total. The number of hydrogen-bond acceptors (Lipinski definition) is 2. The highest BCUT2D eigenvalue weighted by Crippen LogP contribution is 2.36. The maximum absolute atomic E-state index is 13.1. The van der Waals surface area contributed by atoms with Gasteiger partial charge in [0.25, 0.3) is 0 Å². The molecule has 0 bridgehead atoms. The predicted molar refractivity (Wildman–Crippen MR) is 84.3 cm³/mol. The van der Waals surface area contributed by atoms with Gasteiger partial charge < -0.3 is 5.32 Å². The minimum absolute atomic E-state index is 0.0739. The van der Waals surface area contributed by atoms with Crippen molar-refractivity contribution in [3.8, 4) is 0 Å². The molecular weight excluding hydrogens is 416 g/mol. The lowest BCUT2D eigenvalue weighted by atomic mass is 9.96. The highest BCUT2D eigenvalue weighted by molar-refractivity contribution is 14.1. The van der Waals surface area contributed by atoms with E-state index in [0.717, 1.165) is 15.8 Å². The van der Waals surface area contributed by atoms with Gasteiger partial charge in [-0.25, -0.2) is 0 Å². The Morgan fingerprint density at radius 1 is 1.29 bits per heavy atom. The number of rotatable bonds is 3. The topological polar surface area (TPSA) is 24.9 Å². The van der Waals surface area contributed by atoms with Gasteiger partial charge in [-0.2, -0.15) is 13.2 Å². The molecule has 0 aliphatic heterocycles.